The lowest BCUT2D eigenvalue weighted by molar-refractivity contribution is -0.763. The van der Waals surface area contributed by atoms with E-state index in [2.05, 4.69) is 9.73 Å². The van der Waals surface area contributed by atoms with Crippen LogP contribution in [0.25, 0.3) is 11.1 Å². The van der Waals surface area contributed by atoms with Gasteiger partial charge < -0.3 is 14.3 Å². The van der Waals surface area contributed by atoms with Gasteiger partial charge in [0, 0.05) is 10.5 Å². The number of carbonyl (C=O) groups is 2. The minimum Gasteiger partial charge on any atom is -0.465 e. The van der Waals surface area contributed by atoms with Crippen LogP contribution in [0.1, 0.15) is 27.0 Å². The van der Waals surface area contributed by atoms with Crippen molar-refractivity contribution in [3.63, 3.8) is 0 Å². The molecule has 0 aliphatic heterocycles. The average Bonchev–Trinajstić information content (AvgIpc) is 2.93. The van der Waals surface area contributed by atoms with Gasteiger partial charge in [-0.1, -0.05) is 54.6 Å². The quantitative estimate of drug-likeness (QED) is 0.0612. The van der Waals surface area contributed by atoms with E-state index in [1.54, 1.807) is 60.7 Å². The van der Waals surface area contributed by atoms with Gasteiger partial charge in [-0.25, -0.2) is 14.5 Å². The number of benzene rings is 3. The number of hydrogen-bond acceptors (Lipinski definition) is 10. The SMILES string of the molecule is COOSc1ccc(/C(COC(=O)c2cccc(CO[N+](=O)[O-])c2)=C(/C(=O)OC)c2ccccc2)cc1. The minimum atomic E-state index is -0.912. The second-order valence-corrected chi connectivity index (χ2v) is 8.10. The molecule has 0 spiro atoms. The third-order valence-electron chi connectivity index (χ3n) is 5.00. The summed E-state index contributed by atoms with van der Waals surface area (Å²) in [6.45, 7) is -0.564. The first-order valence-electron chi connectivity index (χ1n) is 10.8. The van der Waals surface area contributed by atoms with E-state index in [1.165, 1.54) is 26.4 Å². The molecule has 0 atom stereocenters. The third-order valence-corrected chi connectivity index (χ3v) is 5.67. The van der Waals surface area contributed by atoms with Gasteiger partial charge in [-0.15, -0.1) is 10.1 Å². The van der Waals surface area contributed by atoms with Crippen molar-refractivity contribution in [1.29, 1.82) is 0 Å². The molecule has 3 aromatic rings. The lowest BCUT2D eigenvalue weighted by Gasteiger charge is -2.16. The molecule has 0 N–H and O–H groups in total. The van der Waals surface area contributed by atoms with Gasteiger partial charge in [0.2, 0.25) is 0 Å². The first kappa shape index (κ1) is 27.4. The van der Waals surface area contributed by atoms with Crippen molar-refractivity contribution in [2.45, 2.75) is 11.5 Å². The van der Waals surface area contributed by atoms with Gasteiger partial charge >= 0.3 is 11.9 Å². The molecule has 0 fully saturated rings. The highest BCUT2D eigenvalue weighted by Gasteiger charge is 2.21. The van der Waals surface area contributed by atoms with Crippen LogP contribution >= 0.6 is 12.0 Å². The highest BCUT2D eigenvalue weighted by molar-refractivity contribution is 7.94. The fraction of sp³-hybridized carbons (Fsp3) is 0.154. The molecule has 10 nitrogen and oxygen atoms in total. The van der Waals surface area contributed by atoms with E-state index < -0.39 is 17.0 Å². The van der Waals surface area contributed by atoms with E-state index in [1.807, 2.05) is 6.07 Å². The zero-order chi connectivity index (χ0) is 26.6. The van der Waals surface area contributed by atoms with Gasteiger partial charge in [-0.2, -0.15) is 4.33 Å². The monoisotopic (exact) mass is 525 g/mol. The van der Waals surface area contributed by atoms with E-state index in [-0.39, 0.29) is 24.4 Å². The van der Waals surface area contributed by atoms with Crippen LogP contribution in [-0.2, 0) is 34.9 Å². The van der Waals surface area contributed by atoms with Crippen molar-refractivity contribution in [1.82, 2.24) is 0 Å². The Balaban J connectivity index is 1.95. The predicted octanol–water partition coefficient (Wildman–Crippen LogP) is 4.92. The molecule has 192 valence electrons. The number of esters is 2. The highest BCUT2D eigenvalue weighted by Crippen LogP contribution is 2.30. The molecule has 0 aliphatic carbocycles. The molecule has 0 unspecified atom stereocenters. The molecule has 0 amide bonds. The molecule has 0 saturated heterocycles. The number of ether oxygens (including phenoxy) is 2. The normalized spacial score (nSPS) is 11.3. The van der Waals surface area contributed by atoms with Crippen molar-refractivity contribution in [3.8, 4) is 0 Å². The number of methoxy groups -OCH3 is 1. The van der Waals surface area contributed by atoms with Gasteiger partial charge in [0.25, 0.3) is 5.09 Å². The topological polar surface area (TPSA) is 123 Å². The van der Waals surface area contributed by atoms with Crippen LogP contribution in [0.5, 0.6) is 0 Å². The summed E-state index contributed by atoms with van der Waals surface area (Å²) >= 11 is 1.01. The van der Waals surface area contributed by atoms with Crippen LogP contribution in [0.3, 0.4) is 0 Å². The smallest absolute Gasteiger partial charge is 0.338 e. The summed E-state index contributed by atoms with van der Waals surface area (Å²) in [6, 6.07) is 22.0. The molecule has 0 heterocycles. The fourth-order valence-electron chi connectivity index (χ4n) is 3.34. The van der Waals surface area contributed by atoms with Crippen molar-refractivity contribution in [2.75, 3.05) is 20.8 Å². The van der Waals surface area contributed by atoms with E-state index in [0.717, 1.165) is 16.9 Å². The van der Waals surface area contributed by atoms with Crippen molar-refractivity contribution in [2.24, 2.45) is 0 Å². The van der Waals surface area contributed by atoms with Gasteiger partial charge in [-0.3, -0.25) is 0 Å². The Bertz CT molecular complexity index is 1260. The van der Waals surface area contributed by atoms with Crippen LogP contribution in [0.2, 0.25) is 0 Å². The average molecular weight is 526 g/mol. The Morgan fingerprint density at radius 2 is 1.59 bits per heavy atom. The molecule has 11 heteroatoms. The zero-order valence-electron chi connectivity index (χ0n) is 19.9. The molecule has 3 aromatic carbocycles. The van der Waals surface area contributed by atoms with Gasteiger partial charge in [-0.05, 0) is 41.0 Å². The predicted molar refractivity (Wildman–Crippen MR) is 134 cm³/mol. The summed E-state index contributed by atoms with van der Waals surface area (Å²) in [5.74, 6) is -1.28. The fourth-order valence-corrected chi connectivity index (χ4v) is 3.74. The molecule has 0 aromatic heterocycles. The number of rotatable bonds is 12. The molecule has 3 rings (SSSR count). The lowest BCUT2D eigenvalue weighted by atomic mass is 9.95. The van der Waals surface area contributed by atoms with Crippen molar-refractivity contribution in [3.05, 3.63) is 111 Å². The highest BCUT2D eigenvalue weighted by atomic mass is 32.2. The van der Waals surface area contributed by atoms with Crippen LogP contribution in [0.4, 0.5) is 0 Å². The zero-order valence-corrected chi connectivity index (χ0v) is 20.8. The maximum absolute atomic E-state index is 12.9. The third kappa shape index (κ3) is 7.90. The summed E-state index contributed by atoms with van der Waals surface area (Å²) in [5, 5.41) is 9.56. The van der Waals surface area contributed by atoms with E-state index in [4.69, 9.17) is 13.8 Å². The van der Waals surface area contributed by atoms with Crippen LogP contribution in [-0.4, -0.2) is 37.9 Å². The minimum absolute atomic E-state index is 0.173. The molecular formula is C26H23NO9S. The summed E-state index contributed by atoms with van der Waals surface area (Å²) in [6.07, 6.45) is 0. The Hall–Kier alpha value is -4.19. The maximum atomic E-state index is 12.9. The number of carbonyl (C=O) groups excluding carboxylic acids is 2. The molecule has 0 aliphatic rings. The van der Waals surface area contributed by atoms with Crippen LogP contribution in [0.15, 0.2) is 83.8 Å². The second kappa shape index (κ2) is 13.8. The number of nitrogens with zero attached hydrogens (tertiary/aromatic N) is 1. The lowest BCUT2D eigenvalue weighted by Crippen LogP contribution is -2.13. The van der Waals surface area contributed by atoms with Gasteiger partial charge in [0.15, 0.2) is 0 Å². The Labute approximate surface area is 217 Å². The van der Waals surface area contributed by atoms with E-state index in [0.29, 0.717) is 22.3 Å². The first-order valence-corrected chi connectivity index (χ1v) is 11.5. The van der Waals surface area contributed by atoms with Gasteiger partial charge in [0.1, 0.15) is 13.2 Å². The number of hydrogen-bond donors (Lipinski definition) is 0. The van der Waals surface area contributed by atoms with E-state index in [9.17, 15) is 19.7 Å². The van der Waals surface area contributed by atoms with Crippen LogP contribution < -0.4 is 0 Å². The second-order valence-electron chi connectivity index (χ2n) is 7.33. The summed E-state index contributed by atoms with van der Waals surface area (Å²) in [7, 11) is 2.67. The van der Waals surface area contributed by atoms with E-state index >= 15 is 0 Å². The summed E-state index contributed by atoms with van der Waals surface area (Å²) < 4.78 is 15.5. The Kier molecular flexibility index (Phi) is 10.2. The van der Waals surface area contributed by atoms with Crippen molar-refractivity contribution < 1.29 is 38.2 Å². The molecule has 0 saturated carbocycles. The Morgan fingerprint density at radius 3 is 2.24 bits per heavy atom. The van der Waals surface area contributed by atoms with Crippen molar-refractivity contribution >= 4 is 35.1 Å². The molecule has 37 heavy (non-hydrogen) atoms. The maximum Gasteiger partial charge on any atom is 0.338 e. The molecule has 0 bridgehead atoms. The van der Waals surface area contributed by atoms with Gasteiger partial charge in [0.05, 0.1) is 37.4 Å². The summed E-state index contributed by atoms with van der Waals surface area (Å²) in [4.78, 5) is 45.9. The Morgan fingerprint density at radius 1 is 0.892 bits per heavy atom. The molecule has 0 radical (unpaired) electrons. The standard InChI is InChI=1S/C26H23NO9S/c1-32-26(29)24(20-8-4-3-5-9-20)23(19-11-13-22(14-12-19)37-36-33-2)17-34-25(28)21-10-6-7-18(15-21)16-35-27(30)31/h3-15H,16-17H2,1-2H3/b24-23+. The first-order chi connectivity index (χ1) is 17.9. The summed E-state index contributed by atoms with van der Waals surface area (Å²) in [5.41, 5.74) is 2.45. The largest absolute Gasteiger partial charge is 0.465 e. The molecular weight excluding hydrogens is 502 g/mol. The van der Waals surface area contributed by atoms with Crippen LogP contribution in [0, 0.1) is 10.1 Å².